The van der Waals surface area contributed by atoms with Crippen LogP contribution in [-0.2, 0) is 19.1 Å². The fourth-order valence-corrected chi connectivity index (χ4v) is 3.88. The molecule has 1 aliphatic rings. The lowest BCUT2D eigenvalue weighted by Gasteiger charge is -2.18. The summed E-state index contributed by atoms with van der Waals surface area (Å²) in [6, 6.07) is 8.42. The smallest absolute Gasteiger partial charge is 0.311 e. The zero-order valence-corrected chi connectivity index (χ0v) is 19.4. The van der Waals surface area contributed by atoms with E-state index in [1.54, 1.807) is 18.2 Å². The Bertz CT molecular complexity index is 1010. The van der Waals surface area contributed by atoms with E-state index in [4.69, 9.17) is 27.9 Å². The van der Waals surface area contributed by atoms with Gasteiger partial charge in [0, 0.05) is 28.1 Å². The minimum Gasteiger partial charge on any atom is -0.455 e. The van der Waals surface area contributed by atoms with Crippen molar-refractivity contribution in [3.8, 4) is 0 Å². The van der Waals surface area contributed by atoms with E-state index in [0.29, 0.717) is 21.4 Å². The number of benzene rings is 2. The highest BCUT2D eigenvalue weighted by atomic mass is 79.9. The number of hydrogen-bond acceptors (Lipinski definition) is 4. The minimum atomic E-state index is -0.683. The van der Waals surface area contributed by atoms with Gasteiger partial charge in [-0.15, -0.1) is 0 Å². The number of esters is 1. The normalized spacial score (nSPS) is 16.0. The molecule has 0 unspecified atom stereocenters. The maximum Gasteiger partial charge on any atom is 0.311 e. The number of aryl methyl sites for hydroxylation is 2. The highest BCUT2D eigenvalue weighted by molar-refractivity contribution is 9.10. The van der Waals surface area contributed by atoms with Gasteiger partial charge in [0.05, 0.1) is 16.6 Å². The number of amides is 2. The number of carbonyl (C=O) groups is 3. The Balaban J connectivity index is 1.57. The van der Waals surface area contributed by atoms with Gasteiger partial charge in [-0.2, -0.15) is 0 Å². The molecule has 2 aromatic carbocycles. The van der Waals surface area contributed by atoms with Gasteiger partial charge in [-0.25, -0.2) is 0 Å². The largest absolute Gasteiger partial charge is 0.455 e. The Morgan fingerprint density at radius 1 is 1.20 bits per heavy atom. The van der Waals surface area contributed by atoms with Gasteiger partial charge in [-0.3, -0.25) is 14.4 Å². The molecule has 30 heavy (non-hydrogen) atoms. The first-order chi connectivity index (χ1) is 14.2. The van der Waals surface area contributed by atoms with Gasteiger partial charge in [0.1, 0.15) is 0 Å². The number of anilines is 2. The first-order valence-corrected chi connectivity index (χ1v) is 10.7. The molecule has 1 saturated heterocycles. The Labute approximate surface area is 192 Å². The number of rotatable bonds is 5. The predicted molar refractivity (Wildman–Crippen MR) is 120 cm³/mol. The second-order valence-corrected chi connectivity index (χ2v) is 8.72. The molecule has 1 aliphatic heterocycles. The first-order valence-electron chi connectivity index (χ1n) is 9.14. The lowest BCUT2D eigenvalue weighted by molar-refractivity contribution is -0.151. The summed E-state index contributed by atoms with van der Waals surface area (Å²) in [6.45, 7) is 3.52. The van der Waals surface area contributed by atoms with Crippen LogP contribution in [0.5, 0.6) is 0 Å². The summed E-state index contributed by atoms with van der Waals surface area (Å²) in [6.07, 6.45) is -0.0194. The van der Waals surface area contributed by atoms with Crippen molar-refractivity contribution in [1.29, 1.82) is 0 Å². The van der Waals surface area contributed by atoms with E-state index in [-0.39, 0.29) is 18.9 Å². The van der Waals surface area contributed by atoms with Gasteiger partial charge in [0.25, 0.3) is 5.91 Å². The Kier molecular flexibility index (Phi) is 7.06. The molecule has 6 nitrogen and oxygen atoms in total. The monoisotopic (exact) mass is 512 g/mol. The van der Waals surface area contributed by atoms with E-state index < -0.39 is 24.4 Å². The van der Waals surface area contributed by atoms with Crippen molar-refractivity contribution >= 4 is 68.3 Å². The molecule has 0 bridgehead atoms. The van der Waals surface area contributed by atoms with Gasteiger partial charge >= 0.3 is 5.97 Å². The molecule has 1 N–H and O–H groups in total. The summed E-state index contributed by atoms with van der Waals surface area (Å²) in [4.78, 5) is 38.3. The van der Waals surface area contributed by atoms with Gasteiger partial charge in [-0.1, -0.05) is 39.1 Å². The lowest BCUT2D eigenvalue weighted by atomic mass is 10.1. The molecular formula is C21H19BrCl2N2O4. The van der Waals surface area contributed by atoms with Crippen LogP contribution in [0.1, 0.15) is 17.5 Å². The number of nitrogens with one attached hydrogen (secondary N) is 1. The zero-order chi connectivity index (χ0) is 22.0. The van der Waals surface area contributed by atoms with Crippen LogP contribution in [0.2, 0.25) is 10.0 Å². The number of ether oxygens (including phenoxy) is 1. The third kappa shape index (κ3) is 5.14. The van der Waals surface area contributed by atoms with Crippen molar-refractivity contribution in [2.24, 2.45) is 5.92 Å². The summed E-state index contributed by atoms with van der Waals surface area (Å²) < 4.78 is 6.11. The van der Waals surface area contributed by atoms with Crippen molar-refractivity contribution in [3.63, 3.8) is 0 Å². The van der Waals surface area contributed by atoms with Crippen LogP contribution < -0.4 is 10.2 Å². The van der Waals surface area contributed by atoms with Crippen molar-refractivity contribution < 1.29 is 19.1 Å². The summed E-state index contributed by atoms with van der Waals surface area (Å²) in [5.74, 6) is -2.00. The van der Waals surface area contributed by atoms with Crippen LogP contribution in [-0.4, -0.2) is 30.9 Å². The maximum atomic E-state index is 12.4. The van der Waals surface area contributed by atoms with Crippen LogP contribution in [0.25, 0.3) is 0 Å². The third-order valence-electron chi connectivity index (χ3n) is 4.72. The van der Waals surface area contributed by atoms with Crippen LogP contribution in [0.4, 0.5) is 11.4 Å². The molecule has 0 spiro atoms. The summed E-state index contributed by atoms with van der Waals surface area (Å²) >= 11 is 15.6. The average molecular weight is 514 g/mol. The van der Waals surface area contributed by atoms with Crippen LogP contribution in [0.15, 0.2) is 34.8 Å². The van der Waals surface area contributed by atoms with E-state index in [9.17, 15) is 14.4 Å². The quantitative estimate of drug-likeness (QED) is 0.576. The number of halogens is 3. The third-order valence-corrected chi connectivity index (χ3v) is 6.53. The fraction of sp³-hybridized carbons (Fsp3) is 0.286. The predicted octanol–water partition coefficient (Wildman–Crippen LogP) is 4.91. The van der Waals surface area contributed by atoms with Crippen molar-refractivity contribution in [2.45, 2.75) is 20.3 Å². The van der Waals surface area contributed by atoms with Crippen LogP contribution in [0.3, 0.4) is 0 Å². The van der Waals surface area contributed by atoms with E-state index in [1.165, 1.54) is 4.90 Å². The zero-order valence-electron chi connectivity index (χ0n) is 16.3. The standard InChI is InChI=1S/C21H19BrCl2N2O4/c1-11-5-15(6-12(2)20(11)22)25-18(27)10-30-21(29)13-7-19(28)26(9-13)17-8-14(23)3-4-16(17)24/h3-6,8,13H,7,9-10H2,1-2H3,(H,25,27)/t13-/m0/s1. The molecule has 0 saturated carbocycles. The highest BCUT2D eigenvalue weighted by Crippen LogP contribution is 2.33. The second kappa shape index (κ2) is 9.37. The lowest BCUT2D eigenvalue weighted by Crippen LogP contribution is -2.28. The van der Waals surface area contributed by atoms with Crippen molar-refractivity contribution in [3.05, 3.63) is 56.0 Å². The molecule has 0 aliphatic carbocycles. The van der Waals surface area contributed by atoms with Gasteiger partial charge in [0.15, 0.2) is 6.61 Å². The number of nitrogens with zero attached hydrogens (tertiary/aromatic N) is 1. The van der Waals surface area contributed by atoms with Crippen molar-refractivity contribution in [1.82, 2.24) is 0 Å². The summed E-state index contributed by atoms with van der Waals surface area (Å²) in [7, 11) is 0. The molecule has 2 amide bonds. The van der Waals surface area contributed by atoms with Crippen LogP contribution in [0, 0.1) is 19.8 Å². The van der Waals surface area contributed by atoms with Crippen molar-refractivity contribution in [2.75, 3.05) is 23.4 Å². The summed E-state index contributed by atoms with van der Waals surface area (Å²) in [5.41, 5.74) is 3.02. The number of hydrogen-bond donors (Lipinski definition) is 1. The minimum absolute atomic E-state index is 0.0194. The van der Waals surface area contributed by atoms with Gasteiger partial charge in [-0.05, 0) is 55.3 Å². The average Bonchev–Trinajstić information content (AvgIpc) is 3.07. The second-order valence-electron chi connectivity index (χ2n) is 7.08. The molecule has 9 heteroatoms. The molecule has 0 radical (unpaired) electrons. The van der Waals surface area contributed by atoms with Gasteiger partial charge < -0.3 is 15.0 Å². The van der Waals surface area contributed by atoms with Gasteiger partial charge in [0.2, 0.25) is 5.91 Å². The molecule has 158 valence electrons. The highest BCUT2D eigenvalue weighted by Gasteiger charge is 2.37. The Hall–Kier alpha value is -2.09. The van der Waals surface area contributed by atoms with E-state index in [1.807, 2.05) is 26.0 Å². The van der Waals surface area contributed by atoms with E-state index in [2.05, 4.69) is 21.2 Å². The Morgan fingerprint density at radius 2 is 1.87 bits per heavy atom. The SMILES string of the molecule is Cc1cc(NC(=O)COC(=O)[C@H]2CC(=O)N(c3cc(Cl)ccc3Cl)C2)cc(C)c1Br. The van der Waals surface area contributed by atoms with E-state index >= 15 is 0 Å². The first kappa shape index (κ1) is 22.6. The molecule has 2 aromatic rings. The fourth-order valence-electron chi connectivity index (χ4n) is 3.26. The molecule has 1 fully saturated rings. The molecule has 1 heterocycles. The van der Waals surface area contributed by atoms with Crippen LogP contribution >= 0.6 is 39.1 Å². The number of carbonyl (C=O) groups excluding carboxylic acids is 3. The van der Waals surface area contributed by atoms with E-state index in [0.717, 1.165) is 15.6 Å². The molecule has 1 atom stereocenters. The topological polar surface area (TPSA) is 75.7 Å². The Morgan fingerprint density at radius 3 is 2.53 bits per heavy atom. The summed E-state index contributed by atoms with van der Waals surface area (Å²) in [5, 5.41) is 3.50. The molecule has 0 aromatic heterocycles. The molecule has 3 rings (SSSR count). The maximum absolute atomic E-state index is 12.4. The molecular weight excluding hydrogens is 495 g/mol.